The molecule has 2 aliphatic rings. The summed E-state index contributed by atoms with van der Waals surface area (Å²) in [5.41, 5.74) is 2.48. The predicted octanol–water partition coefficient (Wildman–Crippen LogP) is 2.77. The quantitative estimate of drug-likeness (QED) is 0.642. The summed E-state index contributed by atoms with van der Waals surface area (Å²) < 4.78 is 30.8. The summed E-state index contributed by atoms with van der Waals surface area (Å²) in [6, 6.07) is 5.20. The number of halogens is 1. The first kappa shape index (κ1) is 20.6. The molecule has 3 heterocycles. The number of ether oxygens (including phenoxy) is 3. The summed E-state index contributed by atoms with van der Waals surface area (Å²) in [6.45, 7) is 5.99. The molecular formula is C21H25FN4O4. The van der Waals surface area contributed by atoms with Crippen molar-refractivity contribution in [1.29, 1.82) is 0 Å². The van der Waals surface area contributed by atoms with Gasteiger partial charge in [0.1, 0.15) is 18.5 Å². The van der Waals surface area contributed by atoms with E-state index in [-0.39, 0.29) is 18.5 Å². The maximum atomic E-state index is 14.6. The molecule has 8 nitrogen and oxygen atoms in total. The fourth-order valence-corrected chi connectivity index (χ4v) is 3.34. The van der Waals surface area contributed by atoms with Gasteiger partial charge in [-0.25, -0.2) is 14.4 Å². The van der Waals surface area contributed by atoms with Gasteiger partial charge in [0.25, 0.3) is 0 Å². The molecule has 0 bridgehead atoms. The second-order valence-corrected chi connectivity index (χ2v) is 7.74. The minimum atomic E-state index is -0.564. The van der Waals surface area contributed by atoms with Crippen LogP contribution in [0.15, 0.2) is 35.7 Å². The number of rotatable bonds is 7. The first-order chi connectivity index (χ1) is 14.4. The van der Waals surface area contributed by atoms with Gasteiger partial charge in [-0.1, -0.05) is 23.4 Å². The smallest absolute Gasteiger partial charge is 0.225 e. The summed E-state index contributed by atoms with van der Waals surface area (Å²) in [4.78, 5) is 16.1. The lowest BCUT2D eigenvalue weighted by Gasteiger charge is -2.31. The summed E-state index contributed by atoms with van der Waals surface area (Å²) in [5, 5.41) is 4.14. The molecule has 2 fully saturated rings. The molecule has 9 heteroatoms. The van der Waals surface area contributed by atoms with E-state index in [0.717, 1.165) is 5.71 Å². The van der Waals surface area contributed by atoms with E-state index >= 15 is 0 Å². The van der Waals surface area contributed by atoms with Gasteiger partial charge in [-0.15, -0.1) is 0 Å². The van der Waals surface area contributed by atoms with Crippen LogP contribution in [0.2, 0.25) is 0 Å². The van der Waals surface area contributed by atoms with Crippen molar-refractivity contribution in [1.82, 2.24) is 9.97 Å². The molecule has 1 aromatic heterocycles. The standard InChI is InChI=1S/C21H25FN4O4/c1-21(2)28-12-17(30-21)13-29-25-16-9-26(10-16)20-23-7-15(8-24-20)18-6-4-5-14(11-27-3)19(18)22/h4-8,17H,9-13H2,1-3H3. The van der Waals surface area contributed by atoms with Gasteiger partial charge >= 0.3 is 0 Å². The lowest BCUT2D eigenvalue weighted by Crippen LogP contribution is -2.48. The van der Waals surface area contributed by atoms with Gasteiger partial charge in [0.15, 0.2) is 5.79 Å². The Bertz CT molecular complexity index is 912. The van der Waals surface area contributed by atoms with Crippen molar-refractivity contribution >= 4 is 11.7 Å². The van der Waals surface area contributed by atoms with Gasteiger partial charge in [0, 0.05) is 36.2 Å². The van der Waals surface area contributed by atoms with Crippen LogP contribution in [-0.2, 0) is 25.7 Å². The van der Waals surface area contributed by atoms with Gasteiger partial charge < -0.3 is 23.9 Å². The highest BCUT2D eigenvalue weighted by atomic mass is 19.1. The second-order valence-electron chi connectivity index (χ2n) is 7.74. The Hall–Kier alpha value is -2.62. The molecule has 1 atom stereocenters. The van der Waals surface area contributed by atoms with Crippen molar-refractivity contribution < 1.29 is 23.4 Å². The number of aromatic nitrogens is 2. The van der Waals surface area contributed by atoms with Gasteiger partial charge in [-0.3, -0.25) is 0 Å². The Balaban J connectivity index is 1.30. The Morgan fingerprint density at radius 1 is 1.27 bits per heavy atom. The third-order valence-electron chi connectivity index (χ3n) is 4.88. The van der Waals surface area contributed by atoms with Crippen LogP contribution < -0.4 is 4.90 Å². The lowest BCUT2D eigenvalue weighted by molar-refractivity contribution is -0.145. The van der Waals surface area contributed by atoms with Crippen molar-refractivity contribution in [2.45, 2.75) is 32.3 Å². The van der Waals surface area contributed by atoms with Crippen LogP contribution in [0.3, 0.4) is 0 Å². The van der Waals surface area contributed by atoms with E-state index in [1.54, 1.807) is 30.6 Å². The zero-order chi connectivity index (χ0) is 21.1. The van der Waals surface area contributed by atoms with Crippen LogP contribution in [0, 0.1) is 5.82 Å². The van der Waals surface area contributed by atoms with Gasteiger partial charge in [-0.05, 0) is 13.8 Å². The number of hydrogen-bond donors (Lipinski definition) is 0. The summed E-state index contributed by atoms with van der Waals surface area (Å²) in [6.07, 6.45) is 3.14. The zero-order valence-corrected chi connectivity index (χ0v) is 17.3. The van der Waals surface area contributed by atoms with Gasteiger partial charge in [-0.2, -0.15) is 0 Å². The molecular weight excluding hydrogens is 391 g/mol. The first-order valence-electron chi connectivity index (χ1n) is 9.78. The van der Waals surface area contributed by atoms with Crippen LogP contribution in [0.5, 0.6) is 0 Å². The average molecular weight is 416 g/mol. The van der Waals surface area contributed by atoms with Gasteiger partial charge in [0.2, 0.25) is 5.95 Å². The van der Waals surface area contributed by atoms with Crippen LogP contribution in [0.25, 0.3) is 11.1 Å². The highest BCUT2D eigenvalue weighted by molar-refractivity contribution is 5.98. The molecule has 0 radical (unpaired) electrons. The molecule has 4 rings (SSSR count). The normalized spacial score (nSPS) is 20.2. The maximum absolute atomic E-state index is 14.6. The van der Waals surface area contributed by atoms with E-state index in [2.05, 4.69) is 15.1 Å². The Morgan fingerprint density at radius 2 is 2.03 bits per heavy atom. The highest BCUT2D eigenvalue weighted by Gasteiger charge is 2.33. The number of nitrogens with zero attached hydrogens (tertiary/aromatic N) is 4. The molecule has 2 aromatic rings. The third-order valence-corrected chi connectivity index (χ3v) is 4.88. The lowest BCUT2D eigenvalue weighted by atomic mass is 10.1. The number of anilines is 1. The number of benzene rings is 1. The van der Waals surface area contributed by atoms with Crippen LogP contribution in [0.1, 0.15) is 19.4 Å². The fraction of sp³-hybridized carbons (Fsp3) is 0.476. The second kappa shape index (κ2) is 8.63. The molecule has 30 heavy (non-hydrogen) atoms. The molecule has 1 aromatic carbocycles. The molecule has 0 saturated carbocycles. The Kier molecular flexibility index (Phi) is 5.94. The highest BCUT2D eigenvalue weighted by Crippen LogP contribution is 2.26. The Morgan fingerprint density at radius 3 is 2.70 bits per heavy atom. The maximum Gasteiger partial charge on any atom is 0.225 e. The zero-order valence-electron chi connectivity index (χ0n) is 17.3. The van der Waals surface area contributed by atoms with E-state index in [1.165, 1.54) is 7.11 Å². The van der Waals surface area contributed by atoms with Crippen molar-refractivity contribution in [3.8, 4) is 11.1 Å². The number of oxime groups is 1. The van der Waals surface area contributed by atoms with Crippen LogP contribution >= 0.6 is 0 Å². The molecule has 0 spiro atoms. The molecule has 0 amide bonds. The largest absolute Gasteiger partial charge is 0.393 e. The molecule has 0 N–H and O–H groups in total. The van der Waals surface area contributed by atoms with Crippen LogP contribution in [0.4, 0.5) is 10.3 Å². The molecule has 0 aliphatic carbocycles. The van der Waals surface area contributed by atoms with Crippen molar-refractivity contribution in [3.63, 3.8) is 0 Å². The SMILES string of the molecule is COCc1cccc(-c2cnc(N3CC(=NOCC4COC(C)(C)O4)C3)nc2)c1F. The predicted molar refractivity (Wildman–Crippen MR) is 109 cm³/mol. The molecule has 2 aliphatic heterocycles. The monoisotopic (exact) mass is 416 g/mol. The third kappa shape index (κ3) is 4.58. The number of methoxy groups -OCH3 is 1. The fourth-order valence-electron chi connectivity index (χ4n) is 3.34. The summed E-state index contributed by atoms with van der Waals surface area (Å²) in [7, 11) is 1.54. The number of hydrogen-bond acceptors (Lipinski definition) is 8. The molecule has 2 saturated heterocycles. The minimum absolute atomic E-state index is 0.112. The van der Waals surface area contributed by atoms with E-state index < -0.39 is 5.79 Å². The van der Waals surface area contributed by atoms with E-state index in [9.17, 15) is 4.39 Å². The van der Waals surface area contributed by atoms with Crippen molar-refractivity contribution in [2.75, 3.05) is 38.3 Å². The summed E-state index contributed by atoms with van der Waals surface area (Å²) >= 11 is 0. The first-order valence-corrected chi connectivity index (χ1v) is 9.78. The van der Waals surface area contributed by atoms with Crippen molar-refractivity contribution in [2.24, 2.45) is 5.16 Å². The molecule has 1 unspecified atom stereocenters. The Labute approximate surface area is 174 Å². The van der Waals surface area contributed by atoms with Crippen molar-refractivity contribution in [3.05, 3.63) is 42.0 Å². The van der Waals surface area contributed by atoms with Gasteiger partial charge in [0.05, 0.1) is 32.0 Å². The van der Waals surface area contributed by atoms with E-state index in [4.69, 9.17) is 19.0 Å². The summed E-state index contributed by atoms with van der Waals surface area (Å²) in [5.74, 6) is -0.307. The van der Waals surface area contributed by atoms with E-state index in [1.807, 2.05) is 18.7 Å². The topological polar surface area (TPSA) is 78.3 Å². The minimum Gasteiger partial charge on any atom is -0.393 e. The van der Waals surface area contributed by atoms with Crippen LogP contribution in [-0.4, -0.2) is 61.0 Å². The molecule has 160 valence electrons. The van der Waals surface area contributed by atoms with E-state index in [0.29, 0.717) is 48.9 Å². The average Bonchev–Trinajstić information content (AvgIpc) is 3.04.